The van der Waals surface area contributed by atoms with Crippen LogP contribution in [0.3, 0.4) is 0 Å². The van der Waals surface area contributed by atoms with Crippen LogP contribution in [0.5, 0.6) is 0 Å². The Morgan fingerprint density at radius 2 is 2.10 bits per heavy atom. The van der Waals surface area contributed by atoms with Crippen LogP contribution in [0, 0.1) is 0 Å². The summed E-state index contributed by atoms with van der Waals surface area (Å²) >= 11 is 0. The minimum Gasteiger partial charge on any atom is -0.258 e. The highest BCUT2D eigenvalue weighted by atomic mass is 15.5. The first-order valence-electron chi connectivity index (χ1n) is 3.84. The van der Waals surface area contributed by atoms with Crippen molar-refractivity contribution in [2.75, 3.05) is 20.6 Å². The highest BCUT2D eigenvalue weighted by Gasteiger charge is 1.85. The molecule has 60 valence electrons. The van der Waals surface area contributed by atoms with E-state index >= 15 is 0 Å². The molecule has 2 heteroatoms. The lowest BCUT2D eigenvalue weighted by Crippen LogP contribution is -2.30. The average Bonchev–Trinajstić information content (AvgIpc) is 1.98. The molecule has 0 unspecified atom stereocenters. The van der Waals surface area contributed by atoms with E-state index in [2.05, 4.69) is 24.5 Å². The van der Waals surface area contributed by atoms with E-state index in [-0.39, 0.29) is 0 Å². The number of hydrazine groups is 1. The van der Waals surface area contributed by atoms with Crippen LogP contribution in [0.15, 0.2) is 12.2 Å². The van der Waals surface area contributed by atoms with Crippen LogP contribution in [0.2, 0.25) is 0 Å². The van der Waals surface area contributed by atoms with Crippen molar-refractivity contribution in [1.82, 2.24) is 10.4 Å². The van der Waals surface area contributed by atoms with Gasteiger partial charge in [-0.05, 0) is 13.5 Å². The van der Waals surface area contributed by atoms with E-state index in [4.69, 9.17) is 0 Å². The lowest BCUT2D eigenvalue weighted by atomic mass is 10.3. The smallest absolute Gasteiger partial charge is 0.0308 e. The summed E-state index contributed by atoms with van der Waals surface area (Å²) in [6.45, 7) is 3.17. The summed E-state index contributed by atoms with van der Waals surface area (Å²) in [4.78, 5) is 0. The molecular formula is C8H18N2. The zero-order chi connectivity index (χ0) is 7.82. The molecule has 0 heterocycles. The van der Waals surface area contributed by atoms with Crippen molar-refractivity contribution >= 4 is 0 Å². The lowest BCUT2D eigenvalue weighted by molar-refractivity contribution is 0.289. The number of nitrogens with zero attached hydrogens (tertiary/aromatic N) is 1. The van der Waals surface area contributed by atoms with Gasteiger partial charge in [-0.25, -0.2) is 5.01 Å². The topological polar surface area (TPSA) is 15.3 Å². The van der Waals surface area contributed by atoms with Crippen LogP contribution in [0.1, 0.15) is 19.8 Å². The van der Waals surface area contributed by atoms with Gasteiger partial charge in [0.15, 0.2) is 0 Å². The zero-order valence-corrected chi connectivity index (χ0v) is 7.22. The number of hydrogen-bond acceptors (Lipinski definition) is 2. The van der Waals surface area contributed by atoms with Crippen LogP contribution in [0.4, 0.5) is 0 Å². The van der Waals surface area contributed by atoms with Crippen molar-refractivity contribution in [1.29, 1.82) is 0 Å². The molecule has 0 amide bonds. The Kier molecular flexibility index (Phi) is 6.55. The van der Waals surface area contributed by atoms with Gasteiger partial charge in [-0.2, -0.15) is 0 Å². The summed E-state index contributed by atoms with van der Waals surface area (Å²) in [5.41, 5.74) is 3.02. The van der Waals surface area contributed by atoms with Gasteiger partial charge in [0.1, 0.15) is 0 Å². The molecule has 0 radical (unpaired) electrons. The average molecular weight is 142 g/mol. The maximum atomic E-state index is 3.02. The molecule has 0 saturated carbocycles. The molecule has 0 rings (SSSR count). The number of allylic oxidation sites excluding steroid dienone is 1. The number of hydrogen-bond donors (Lipinski definition) is 1. The van der Waals surface area contributed by atoms with Gasteiger partial charge in [-0.15, -0.1) is 0 Å². The largest absolute Gasteiger partial charge is 0.258 e. The van der Waals surface area contributed by atoms with E-state index in [0.29, 0.717) is 0 Å². The van der Waals surface area contributed by atoms with Gasteiger partial charge in [-0.1, -0.05) is 25.5 Å². The maximum absolute atomic E-state index is 3.02. The minimum absolute atomic E-state index is 0.983. The van der Waals surface area contributed by atoms with Crippen LogP contribution in [0.25, 0.3) is 0 Å². The Bertz CT molecular complexity index is 89.3. The molecule has 0 bridgehead atoms. The van der Waals surface area contributed by atoms with E-state index in [1.165, 1.54) is 12.8 Å². The Balaban J connectivity index is 3.16. The molecule has 0 aromatic heterocycles. The fourth-order valence-electron chi connectivity index (χ4n) is 0.608. The second-order valence-electron chi connectivity index (χ2n) is 2.36. The van der Waals surface area contributed by atoms with Gasteiger partial charge < -0.3 is 0 Å². The van der Waals surface area contributed by atoms with Crippen molar-refractivity contribution in [2.45, 2.75) is 19.8 Å². The van der Waals surface area contributed by atoms with Crippen molar-refractivity contribution in [2.24, 2.45) is 0 Å². The van der Waals surface area contributed by atoms with Crippen molar-refractivity contribution < 1.29 is 0 Å². The molecule has 1 N–H and O–H groups in total. The zero-order valence-electron chi connectivity index (χ0n) is 7.22. The lowest BCUT2D eigenvalue weighted by Gasteiger charge is -2.10. The van der Waals surface area contributed by atoms with Gasteiger partial charge in [0.05, 0.1) is 0 Å². The van der Waals surface area contributed by atoms with E-state index in [0.717, 1.165) is 6.54 Å². The third-order valence-corrected chi connectivity index (χ3v) is 1.38. The van der Waals surface area contributed by atoms with Gasteiger partial charge in [0.2, 0.25) is 0 Å². The Morgan fingerprint density at radius 3 is 2.60 bits per heavy atom. The van der Waals surface area contributed by atoms with E-state index < -0.39 is 0 Å². The van der Waals surface area contributed by atoms with Crippen molar-refractivity contribution in [3.05, 3.63) is 12.2 Å². The molecule has 0 aliphatic heterocycles. The first-order valence-corrected chi connectivity index (χ1v) is 3.84. The number of unbranched alkanes of at least 4 members (excludes halogenated alkanes) is 1. The fourth-order valence-corrected chi connectivity index (χ4v) is 0.608. The Labute approximate surface area is 63.9 Å². The summed E-state index contributed by atoms with van der Waals surface area (Å²) in [5.74, 6) is 0. The van der Waals surface area contributed by atoms with Gasteiger partial charge >= 0.3 is 0 Å². The minimum atomic E-state index is 0.983. The van der Waals surface area contributed by atoms with Gasteiger partial charge in [0, 0.05) is 13.6 Å². The molecule has 0 saturated heterocycles. The molecule has 0 aromatic rings. The third-order valence-electron chi connectivity index (χ3n) is 1.38. The molecule has 2 nitrogen and oxygen atoms in total. The molecule has 0 fully saturated rings. The van der Waals surface area contributed by atoms with Crippen LogP contribution in [-0.2, 0) is 0 Å². The summed E-state index contributed by atoms with van der Waals surface area (Å²) in [7, 11) is 3.95. The number of rotatable bonds is 5. The van der Waals surface area contributed by atoms with E-state index in [1.54, 1.807) is 0 Å². The second kappa shape index (κ2) is 6.78. The first kappa shape index (κ1) is 9.66. The highest BCUT2D eigenvalue weighted by molar-refractivity contribution is 4.82. The van der Waals surface area contributed by atoms with Gasteiger partial charge in [-0.3, -0.25) is 5.43 Å². The number of likely N-dealkylation sites (N-methyl/N-ethyl adjacent to an activating group) is 1. The van der Waals surface area contributed by atoms with E-state index in [1.807, 2.05) is 19.1 Å². The summed E-state index contributed by atoms with van der Waals surface area (Å²) < 4.78 is 0. The molecule has 0 spiro atoms. The molecule has 0 atom stereocenters. The monoisotopic (exact) mass is 142 g/mol. The standard InChI is InChI=1S/C8H18N2/c1-4-5-6-7-8-10(3)9-2/h6-7,9H,4-5,8H2,1-3H3/b7-6-. The summed E-state index contributed by atoms with van der Waals surface area (Å²) in [6.07, 6.45) is 6.82. The molecular weight excluding hydrogens is 124 g/mol. The van der Waals surface area contributed by atoms with E-state index in [9.17, 15) is 0 Å². The quantitative estimate of drug-likeness (QED) is 0.461. The third kappa shape index (κ3) is 5.79. The summed E-state index contributed by atoms with van der Waals surface area (Å²) in [5, 5.41) is 2.03. The van der Waals surface area contributed by atoms with Crippen LogP contribution in [-0.4, -0.2) is 25.6 Å². The number of nitrogens with one attached hydrogen (secondary N) is 1. The normalized spacial score (nSPS) is 11.6. The molecule has 0 aromatic carbocycles. The maximum Gasteiger partial charge on any atom is 0.0308 e. The predicted octanol–water partition coefficient (Wildman–Crippen LogP) is 1.41. The first-order chi connectivity index (χ1) is 4.81. The molecule has 0 aliphatic carbocycles. The summed E-state index contributed by atoms with van der Waals surface area (Å²) in [6, 6.07) is 0. The fraction of sp³-hybridized carbons (Fsp3) is 0.750. The van der Waals surface area contributed by atoms with Crippen molar-refractivity contribution in [3.8, 4) is 0 Å². The highest BCUT2D eigenvalue weighted by Crippen LogP contribution is 1.87. The van der Waals surface area contributed by atoms with Crippen LogP contribution < -0.4 is 5.43 Å². The Morgan fingerprint density at radius 1 is 1.40 bits per heavy atom. The van der Waals surface area contributed by atoms with Gasteiger partial charge in [0.25, 0.3) is 0 Å². The SMILES string of the molecule is CCC/C=C\CN(C)NC. The Hall–Kier alpha value is -0.340. The molecule has 0 aliphatic rings. The predicted molar refractivity (Wildman–Crippen MR) is 45.7 cm³/mol. The molecule has 10 heavy (non-hydrogen) atoms. The van der Waals surface area contributed by atoms with Crippen LogP contribution >= 0.6 is 0 Å². The second-order valence-corrected chi connectivity index (χ2v) is 2.36. The van der Waals surface area contributed by atoms with Crippen molar-refractivity contribution in [3.63, 3.8) is 0 Å².